The predicted molar refractivity (Wildman–Crippen MR) is 82.5 cm³/mol. The molecule has 21 heavy (non-hydrogen) atoms. The van der Waals surface area contributed by atoms with Gasteiger partial charge in [-0.15, -0.1) is 0 Å². The van der Waals surface area contributed by atoms with Crippen LogP contribution in [0.3, 0.4) is 0 Å². The summed E-state index contributed by atoms with van der Waals surface area (Å²) in [6, 6.07) is 7.12. The maximum atomic E-state index is 12.0. The third kappa shape index (κ3) is 3.26. The van der Waals surface area contributed by atoms with Crippen molar-refractivity contribution < 1.29 is 9.53 Å². The fraction of sp³-hybridized carbons (Fsp3) is 0.529. The van der Waals surface area contributed by atoms with Gasteiger partial charge in [-0.05, 0) is 68.2 Å². The van der Waals surface area contributed by atoms with E-state index in [2.05, 4.69) is 10.5 Å². The van der Waals surface area contributed by atoms with Crippen LogP contribution in [0.15, 0.2) is 29.4 Å². The molecule has 0 heterocycles. The van der Waals surface area contributed by atoms with Gasteiger partial charge in [-0.25, -0.2) is 5.43 Å². The number of amides is 1. The van der Waals surface area contributed by atoms with Gasteiger partial charge in [-0.3, -0.25) is 4.79 Å². The van der Waals surface area contributed by atoms with Crippen LogP contribution in [-0.2, 0) is 0 Å². The van der Waals surface area contributed by atoms with Gasteiger partial charge in [0.2, 0.25) is 0 Å². The van der Waals surface area contributed by atoms with E-state index >= 15 is 0 Å². The van der Waals surface area contributed by atoms with Crippen LogP contribution >= 0.6 is 0 Å². The van der Waals surface area contributed by atoms with Crippen LogP contribution in [0, 0.1) is 17.8 Å². The van der Waals surface area contributed by atoms with E-state index in [9.17, 15) is 4.79 Å². The van der Waals surface area contributed by atoms with Crippen LogP contribution in [0.2, 0.25) is 0 Å². The van der Waals surface area contributed by atoms with Gasteiger partial charge in [0.25, 0.3) is 5.91 Å². The van der Waals surface area contributed by atoms with Crippen LogP contribution in [0.4, 0.5) is 0 Å². The van der Waals surface area contributed by atoms with Crippen LogP contribution in [0.5, 0.6) is 5.75 Å². The smallest absolute Gasteiger partial charge is 0.271 e. The first-order valence-corrected chi connectivity index (χ1v) is 7.82. The first-order valence-electron chi connectivity index (χ1n) is 7.82. The van der Waals surface area contributed by atoms with Crippen molar-refractivity contribution in [2.45, 2.75) is 32.6 Å². The van der Waals surface area contributed by atoms with Crippen molar-refractivity contribution in [1.29, 1.82) is 0 Å². The lowest BCUT2D eigenvalue weighted by Gasteiger charge is -2.16. The minimum Gasteiger partial charge on any atom is -0.494 e. The summed E-state index contributed by atoms with van der Waals surface area (Å²) in [5.74, 6) is 2.86. The number of hydrogen-bond donors (Lipinski definition) is 1. The van der Waals surface area contributed by atoms with Crippen molar-refractivity contribution in [2.24, 2.45) is 22.9 Å². The van der Waals surface area contributed by atoms with Crippen LogP contribution in [0.1, 0.15) is 43.0 Å². The SMILES string of the molecule is CCOc1ccc(C(=O)N/N=C/C2CC3CCC2C3)cc1. The van der Waals surface area contributed by atoms with E-state index in [0.717, 1.165) is 17.6 Å². The quantitative estimate of drug-likeness (QED) is 0.667. The number of carbonyl (C=O) groups is 1. The Balaban J connectivity index is 1.51. The molecule has 0 saturated heterocycles. The molecule has 112 valence electrons. The summed E-state index contributed by atoms with van der Waals surface area (Å²) in [5.41, 5.74) is 3.23. The number of hydrogen-bond acceptors (Lipinski definition) is 3. The lowest BCUT2D eigenvalue weighted by molar-refractivity contribution is 0.0955. The molecular weight excluding hydrogens is 264 g/mol. The number of hydrazone groups is 1. The number of nitrogens with one attached hydrogen (secondary N) is 1. The second kappa shape index (κ2) is 6.29. The Hall–Kier alpha value is -1.84. The van der Waals surface area contributed by atoms with E-state index in [1.807, 2.05) is 13.1 Å². The zero-order valence-electron chi connectivity index (χ0n) is 12.4. The van der Waals surface area contributed by atoms with E-state index in [1.165, 1.54) is 25.7 Å². The molecule has 0 aromatic heterocycles. The fourth-order valence-electron chi connectivity index (χ4n) is 3.60. The predicted octanol–water partition coefficient (Wildman–Crippen LogP) is 3.24. The van der Waals surface area contributed by atoms with Gasteiger partial charge in [0.1, 0.15) is 5.75 Å². The van der Waals surface area contributed by atoms with Crippen molar-refractivity contribution >= 4 is 12.1 Å². The molecule has 1 aromatic rings. The first-order chi connectivity index (χ1) is 10.3. The molecular formula is C17H22N2O2. The van der Waals surface area contributed by atoms with E-state index in [1.54, 1.807) is 24.3 Å². The van der Waals surface area contributed by atoms with E-state index in [0.29, 0.717) is 18.1 Å². The average Bonchev–Trinajstić information content (AvgIpc) is 3.11. The Morgan fingerprint density at radius 3 is 2.76 bits per heavy atom. The lowest BCUT2D eigenvalue weighted by Crippen LogP contribution is -2.20. The second-order valence-electron chi connectivity index (χ2n) is 6.02. The third-order valence-electron chi connectivity index (χ3n) is 4.65. The molecule has 0 radical (unpaired) electrons. The molecule has 0 spiro atoms. The number of ether oxygens (including phenoxy) is 1. The Morgan fingerprint density at radius 2 is 2.14 bits per heavy atom. The minimum atomic E-state index is -0.169. The standard InChI is InChI=1S/C17H22N2O2/c1-2-21-16-7-5-13(6-8-16)17(20)19-18-11-15-10-12-3-4-14(15)9-12/h5-8,11-12,14-15H,2-4,9-10H2,1H3,(H,19,20)/b18-11+. The molecule has 0 aliphatic heterocycles. The Bertz CT molecular complexity index is 524. The zero-order chi connectivity index (χ0) is 14.7. The summed E-state index contributed by atoms with van der Waals surface area (Å²) in [7, 11) is 0. The normalized spacial score (nSPS) is 27.2. The monoisotopic (exact) mass is 286 g/mol. The van der Waals surface area contributed by atoms with Crippen molar-refractivity contribution in [3.63, 3.8) is 0 Å². The van der Waals surface area contributed by atoms with Gasteiger partial charge in [-0.2, -0.15) is 5.10 Å². The summed E-state index contributed by atoms with van der Waals surface area (Å²) < 4.78 is 5.36. The summed E-state index contributed by atoms with van der Waals surface area (Å²) in [5, 5.41) is 4.15. The van der Waals surface area contributed by atoms with Gasteiger partial charge in [0, 0.05) is 11.8 Å². The van der Waals surface area contributed by atoms with E-state index in [4.69, 9.17) is 4.74 Å². The largest absolute Gasteiger partial charge is 0.494 e. The molecule has 1 N–H and O–H groups in total. The van der Waals surface area contributed by atoms with Crippen LogP contribution < -0.4 is 10.2 Å². The Labute approximate surface area is 125 Å². The topological polar surface area (TPSA) is 50.7 Å². The number of rotatable bonds is 5. The number of carbonyl (C=O) groups excluding carboxylic acids is 1. The highest BCUT2D eigenvalue weighted by Crippen LogP contribution is 2.47. The molecule has 1 aromatic carbocycles. The Kier molecular flexibility index (Phi) is 4.23. The number of benzene rings is 1. The average molecular weight is 286 g/mol. The van der Waals surface area contributed by atoms with E-state index < -0.39 is 0 Å². The molecule has 2 fully saturated rings. The van der Waals surface area contributed by atoms with Crippen LogP contribution in [0.25, 0.3) is 0 Å². The molecule has 4 nitrogen and oxygen atoms in total. The number of nitrogens with zero attached hydrogens (tertiary/aromatic N) is 1. The number of fused-ring (bicyclic) bond motifs is 2. The first kappa shape index (κ1) is 14.1. The molecule has 4 heteroatoms. The van der Waals surface area contributed by atoms with Crippen molar-refractivity contribution in [2.75, 3.05) is 6.61 Å². The highest BCUT2D eigenvalue weighted by molar-refractivity contribution is 5.94. The molecule has 2 aliphatic rings. The molecule has 3 atom stereocenters. The maximum absolute atomic E-state index is 12.0. The summed E-state index contributed by atoms with van der Waals surface area (Å²) in [4.78, 5) is 12.0. The molecule has 2 saturated carbocycles. The van der Waals surface area contributed by atoms with Gasteiger partial charge in [0.05, 0.1) is 6.61 Å². The van der Waals surface area contributed by atoms with Crippen molar-refractivity contribution in [3.8, 4) is 5.75 Å². The summed E-state index contributed by atoms with van der Waals surface area (Å²) in [6.07, 6.45) is 7.24. The summed E-state index contributed by atoms with van der Waals surface area (Å²) >= 11 is 0. The second-order valence-corrected chi connectivity index (χ2v) is 6.02. The maximum Gasteiger partial charge on any atom is 0.271 e. The molecule has 3 unspecified atom stereocenters. The van der Waals surface area contributed by atoms with Crippen molar-refractivity contribution in [3.05, 3.63) is 29.8 Å². The van der Waals surface area contributed by atoms with Gasteiger partial charge in [-0.1, -0.05) is 6.42 Å². The lowest BCUT2D eigenvalue weighted by atomic mass is 9.90. The highest BCUT2D eigenvalue weighted by atomic mass is 16.5. The third-order valence-corrected chi connectivity index (χ3v) is 4.65. The molecule has 2 aliphatic carbocycles. The van der Waals surface area contributed by atoms with Crippen molar-refractivity contribution in [1.82, 2.24) is 5.43 Å². The highest BCUT2D eigenvalue weighted by Gasteiger charge is 2.38. The molecule has 3 rings (SSSR count). The van der Waals surface area contributed by atoms with Gasteiger partial charge < -0.3 is 4.74 Å². The van der Waals surface area contributed by atoms with Crippen LogP contribution in [-0.4, -0.2) is 18.7 Å². The molecule has 2 bridgehead atoms. The van der Waals surface area contributed by atoms with Gasteiger partial charge >= 0.3 is 0 Å². The summed E-state index contributed by atoms with van der Waals surface area (Å²) in [6.45, 7) is 2.56. The zero-order valence-corrected chi connectivity index (χ0v) is 12.4. The fourth-order valence-corrected chi connectivity index (χ4v) is 3.60. The molecule has 1 amide bonds. The van der Waals surface area contributed by atoms with E-state index in [-0.39, 0.29) is 5.91 Å². The van der Waals surface area contributed by atoms with Gasteiger partial charge in [0.15, 0.2) is 0 Å². The Morgan fingerprint density at radius 1 is 1.33 bits per heavy atom. The minimum absolute atomic E-state index is 0.169.